The Morgan fingerprint density at radius 3 is 2.74 bits per heavy atom. The molecule has 2 aromatic carbocycles. The van der Waals surface area contributed by atoms with Gasteiger partial charge in [-0.3, -0.25) is 4.79 Å². The maximum absolute atomic E-state index is 12.8. The van der Waals surface area contributed by atoms with Gasteiger partial charge in [0.2, 0.25) is 11.6 Å². The Kier molecular flexibility index (Phi) is 5.26. The number of phenols is 1. The quantitative estimate of drug-likeness (QED) is 0.308. The van der Waals surface area contributed by atoms with Crippen LogP contribution >= 0.6 is 0 Å². The molecule has 12 heteroatoms. The van der Waals surface area contributed by atoms with Gasteiger partial charge in [-0.1, -0.05) is 41.6 Å². The number of carbonyl (C=O) groups is 1. The van der Waals surface area contributed by atoms with Crippen molar-refractivity contribution in [2.45, 2.75) is 0 Å². The summed E-state index contributed by atoms with van der Waals surface area (Å²) in [5.41, 5.74) is 9.42. The zero-order valence-electron chi connectivity index (χ0n) is 16.1. The number of benzene rings is 2. The summed E-state index contributed by atoms with van der Waals surface area (Å²) in [5.74, 6) is -0.383. The minimum Gasteiger partial charge on any atom is -0.504 e. The Balaban J connectivity index is 1.66. The predicted octanol–water partition coefficient (Wildman–Crippen LogP) is 1.38. The summed E-state index contributed by atoms with van der Waals surface area (Å²) in [6, 6.07) is 13.8. The van der Waals surface area contributed by atoms with Gasteiger partial charge in [-0.15, -0.1) is 5.10 Å². The first-order valence-corrected chi connectivity index (χ1v) is 8.89. The van der Waals surface area contributed by atoms with Crippen LogP contribution in [0.15, 0.2) is 58.3 Å². The fourth-order valence-electron chi connectivity index (χ4n) is 2.80. The lowest BCUT2D eigenvalue weighted by atomic mass is 10.1. The van der Waals surface area contributed by atoms with Crippen LogP contribution in [0.25, 0.3) is 17.1 Å². The van der Waals surface area contributed by atoms with E-state index < -0.39 is 5.91 Å². The molecular weight excluding hydrogens is 404 g/mol. The highest BCUT2D eigenvalue weighted by atomic mass is 16.6. The number of nitrogens with zero attached hydrogens (tertiary/aromatic N) is 6. The van der Waals surface area contributed by atoms with E-state index in [4.69, 9.17) is 10.5 Å². The number of nitrogen functional groups attached to an aromatic ring is 1. The topological polar surface area (TPSA) is 167 Å². The van der Waals surface area contributed by atoms with E-state index in [2.05, 4.69) is 35.8 Å². The van der Waals surface area contributed by atoms with Crippen LogP contribution in [0.3, 0.4) is 0 Å². The summed E-state index contributed by atoms with van der Waals surface area (Å²) in [6.45, 7) is 0. The number of hydrogen-bond acceptors (Lipinski definition) is 10. The third-order valence-corrected chi connectivity index (χ3v) is 4.25. The third-order valence-electron chi connectivity index (χ3n) is 4.25. The summed E-state index contributed by atoms with van der Waals surface area (Å²) in [4.78, 5) is 12.8. The number of carbonyl (C=O) groups excluding carboxylic acids is 1. The number of para-hydroxylation sites is 1. The van der Waals surface area contributed by atoms with Crippen molar-refractivity contribution in [3.63, 3.8) is 0 Å². The van der Waals surface area contributed by atoms with Crippen molar-refractivity contribution in [2.24, 2.45) is 5.10 Å². The molecule has 156 valence electrons. The average Bonchev–Trinajstić information content (AvgIpc) is 3.41. The number of hydrogen-bond donors (Lipinski definition) is 3. The van der Waals surface area contributed by atoms with Crippen LogP contribution in [0.4, 0.5) is 5.82 Å². The smallest absolute Gasteiger partial charge is 0.294 e. The van der Waals surface area contributed by atoms with Crippen molar-refractivity contribution in [3.8, 4) is 28.6 Å². The molecule has 0 saturated heterocycles. The number of phenolic OH excluding ortho intramolecular Hbond substituents is 1. The Hall–Kier alpha value is -4.74. The fraction of sp³-hybridized carbons (Fsp3) is 0.0526. The maximum Gasteiger partial charge on any atom is 0.294 e. The highest BCUT2D eigenvalue weighted by Crippen LogP contribution is 2.28. The van der Waals surface area contributed by atoms with E-state index in [0.29, 0.717) is 16.8 Å². The van der Waals surface area contributed by atoms with Gasteiger partial charge in [0.25, 0.3) is 5.91 Å². The molecule has 31 heavy (non-hydrogen) atoms. The maximum atomic E-state index is 12.8. The molecule has 2 aromatic heterocycles. The molecule has 4 N–H and O–H groups in total. The Morgan fingerprint density at radius 2 is 2.03 bits per heavy atom. The number of methoxy groups -OCH3 is 1. The van der Waals surface area contributed by atoms with Gasteiger partial charge in [-0.05, 0) is 22.4 Å². The summed E-state index contributed by atoms with van der Waals surface area (Å²) >= 11 is 0. The molecule has 4 rings (SSSR count). The van der Waals surface area contributed by atoms with Crippen molar-refractivity contribution in [1.29, 1.82) is 0 Å². The first-order valence-electron chi connectivity index (χ1n) is 8.89. The number of aromatic hydroxyl groups is 1. The van der Waals surface area contributed by atoms with Crippen LogP contribution in [0, 0.1) is 0 Å². The second-order valence-electron chi connectivity index (χ2n) is 6.13. The van der Waals surface area contributed by atoms with Gasteiger partial charge in [0, 0.05) is 11.1 Å². The molecule has 0 aliphatic carbocycles. The Morgan fingerprint density at radius 1 is 1.23 bits per heavy atom. The van der Waals surface area contributed by atoms with Crippen LogP contribution in [0.1, 0.15) is 16.1 Å². The molecule has 12 nitrogen and oxygen atoms in total. The number of rotatable bonds is 6. The first kappa shape index (κ1) is 19.6. The van der Waals surface area contributed by atoms with Crippen LogP contribution < -0.4 is 15.9 Å². The van der Waals surface area contributed by atoms with Crippen LogP contribution in [0.2, 0.25) is 0 Å². The molecule has 4 aromatic rings. The molecule has 0 radical (unpaired) electrons. The lowest BCUT2D eigenvalue weighted by Gasteiger charge is -2.06. The van der Waals surface area contributed by atoms with Gasteiger partial charge in [-0.2, -0.15) is 9.78 Å². The zero-order valence-corrected chi connectivity index (χ0v) is 16.1. The Bertz CT molecular complexity index is 1250. The molecule has 0 unspecified atom stereocenters. The van der Waals surface area contributed by atoms with Crippen molar-refractivity contribution >= 4 is 17.9 Å². The second-order valence-corrected chi connectivity index (χ2v) is 6.13. The van der Waals surface area contributed by atoms with Gasteiger partial charge < -0.3 is 15.6 Å². The largest absolute Gasteiger partial charge is 0.504 e. The molecule has 0 atom stereocenters. The molecule has 0 aliphatic rings. The van der Waals surface area contributed by atoms with E-state index in [9.17, 15) is 9.90 Å². The number of ether oxygens (including phenoxy) is 1. The number of aromatic nitrogens is 5. The van der Waals surface area contributed by atoms with Gasteiger partial charge in [0.1, 0.15) is 5.69 Å². The zero-order chi connectivity index (χ0) is 21.8. The van der Waals surface area contributed by atoms with Gasteiger partial charge in [0.05, 0.1) is 13.3 Å². The summed E-state index contributed by atoms with van der Waals surface area (Å²) in [6.07, 6.45) is 1.28. The average molecular weight is 420 g/mol. The van der Waals surface area contributed by atoms with E-state index in [0.717, 1.165) is 0 Å². The van der Waals surface area contributed by atoms with Crippen molar-refractivity contribution < 1.29 is 19.3 Å². The van der Waals surface area contributed by atoms with Crippen LogP contribution in [-0.2, 0) is 0 Å². The predicted molar refractivity (Wildman–Crippen MR) is 109 cm³/mol. The molecule has 1 amide bonds. The highest BCUT2D eigenvalue weighted by molar-refractivity contribution is 5.99. The molecular formula is C19H16N8O4. The van der Waals surface area contributed by atoms with Crippen molar-refractivity contribution in [3.05, 3.63) is 59.8 Å². The normalized spacial score (nSPS) is 11.0. The van der Waals surface area contributed by atoms with E-state index in [1.54, 1.807) is 42.5 Å². The van der Waals surface area contributed by atoms with E-state index in [1.165, 1.54) is 18.0 Å². The summed E-state index contributed by atoms with van der Waals surface area (Å²) in [5, 5.41) is 29.2. The third kappa shape index (κ3) is 3.76. The number of nitrogens with one attached hydrogen (secondary N) is 1. The van der Waals surface area contributed by atoms with Crippen molar-refractivity contribution in [1.82, 2.24) is 30.7 Å². The SMILES string of the molecule is COc1cccc(C=NNC(=O)c2nnn(-c3nonc3N)c2-c2ccccc2)c1O. The summed E-state index contributed by atoms with van der Waals surface area (Å²) < 4.78 is 10.9. The molecule has 0 aliphatic heterocycles. The van der Waals surface area contributed by atoms with Gasteiger partial charge >= 0.3 is 0 Å². The highest BCUT2D eigenvalue weighted by Gasteiger charge is 2.25. The van der Waals surface area contributed by atoms with E-state index >= 15 is 0 Å². The van der Waals surface area contributed by atoms with Gasteiger partial charge in [0.15, 0.2) is 17.2 Å². The van der Waals surface area contributed by atoms with Crippen molar-refractivity contribution in [2.75, 3.05) is 12.8 Å². The molecule has 0 saturated carbocycles. The molecule has 0 spiro atoms. The standard InChI is InChI=1S/C19H16N8O4/c1-30-13-9-5-8-12(16(13)28)10-21-23-19(29)14-15(11-6-3-2-4-7-11)27(26-22-14)18-17(20)24-31-25-18/h2-10,28H,1H3,(H2,20,24)(H,23,29). The minimum atomic E-state index is -0.640. The van der Waals surface area contributed by atoms with Crippen LogP contribution in [-0.4, -0.2) is 49.6 Å². The van der Waals surface area contributed by atoms with E-state index in [1.807, 2.05) is 6.07 Å². The Labute approximate surface area is 174 Å². The van der Waals surface area contributed by atoms with Gasteiger partial charge in [-0.25, -0.2) is 10.1 Å². The molecule has 0 fully saturated rings. The summed E-state index contributed by atoms with van der Waals surface area (Å²) in [7, 11) is 1.43. The minimum absolute atomic E-state index is 0.0134. The number of amides is 1. The van der Waals surface area contributed by atoms with Crippen LogP contribution in [0.5, 0.6) is 11.5 Å². The lowest BCUT2D eigenvalue weighted by molar-refractivity contribution is 0.0950. The fourth-order valence-corrected chi connectivity index (χ4v) is 2.80. The lowest BCUT2D eigenvalue weighted by Crippen LogP contribution is -2.19. The second kappa shape index (κ2) is 8.32. The number of nitrogens with two attached hydrogens (primary N) is 1. The first-order chi connectivity index (χ1) is 15.1. The molecule has 0 bridgehead atoms. The molecule has 2 heterocycles. The monoisotopic (exact) mass is 420 g/mol. The number of hydrazone groups is 1. The van der Waals surface area contributed by atoms with E-state index in [-0.39, 0.29) is 28.8 Å². The number of anilines is 1.